The number of aryl methyl sites for hydroxylation is 1. The van der Waals surface area contributed by atoms with E-state index in [0.717, 1.165) is 38.5 Å². The number of hydrogen-bond acceptors (Lipinski definition) is 6. The van der Waals surface area contributed by atoms with E-state index < -0.39 is 38.5 Å². The van der Waals surface area contributed by atoms with Crippen LogP contribution in [0.3, 0.4) is 0 Å². The van der Waals surface area contributed by atoms with Crippen molar-refractivity contribution in [3.63, 3.8) is 0 Å². The Kier molecular flexibility index (Phi) is 5.87. The lowest BCUT2D eigenvalue weighted by molar-refractivity contribution is -0.138. The third-order valence-electron chi connectivity index (χ3n) is 7.24. The van der Waals surface area contributed by atoms with Crippen LogP contribution in [0.1, 0.15) is 78.7 Å². The molecule has 8 nitrogen and oxygen atoms in total. The Morgan fingerprint density at radius 3 is 2.56 bits per heavy atom. The maximum absolute atomic E-state index is 14.7. The van der Waals surface area contributed by atoms with Gasteiger partial charge in [0, 0.05) is 6.54 Å². The minimum atomic E-state index is -6.00. The lowest BCUT2D eigenvalue weighted by Gasteiger charge is -2.51. The first-order chi connectivity index (χ1) is 15.7. The molecule has 0 radical (unpaired) electrons. The third kappa shape index (κ3) is 4.24. The highest BCUT2D eigenvalue weighted by atomic mass is 32.2. The van der Waals surface area contributed by atoms with Gasteiger partial charge >= 0.3 is 21.3 Å². The number of benzene rings is 1. The number of imide groups is 1. The number of hydroxylamine groups is 2. The van der Waals surface area contributed by atoms with Crippen molar-refractivity contribution >= 4 is 27.8 Å². The first-order valence-electron chi connectivity index (χ1n) is 11.3. The fourth-order valence-corrected chi connectivity index (χ4v) is 6.77. The van der Waals surface area contributed by atoms with Crippen molar-refractivity contribution in [2.75, 3.05) is 6.54 Å². The van der Waals surface area contributed by atoms with E-state index in [1.165, 1.54) is 18.2 Å². The maximum atomic E-state index is 14.7. The van der Waals surface area contributed by atoms with Gasteiger partial charge in [-0.05, 0) is 61.5 Å². The Labute approximate surface area is 197 Å². The summed E-state index contributed by atoms with van der Waals surface area (Å²) in [5.41, 5.74) is -0.125. The molecule has 3 atom stereocenters. The van der Waals surface area contributed by atoms with Gasteiger partial charge in [-0.3, -0.25) is 14.4 Å². The molecule has 3 aliphatic rings. The van der Waals surface area contributed by atoms with E-state index >= 15 is 0 Å². The molecule has 3 unspecified atom stereocenters. The largest absolute Gasteiger partial charge is 0.448 e. The second-order valence-electron chi connectivity index (χ2n) is 10.6. The number of hydrogen-bond donors (Lipinski definition) is 1. The van der Waals surface area contributed by atoms with E-state index in [2.05, 4.69) is 16.5 Å². The van der Waals surface area contributed by atoms with Crippen molar-refractivity contribution in [1.82, 2.24) is 10.4 Å². The van der Waals surface area contributed by atoms with Crippen LogP contribution in [0.15, 0.2) is 18.2 Å². The predicted octanol–water partition coefficient (Wildman–Crippen LogP) is 3.56. The summed E-state index contributed by atoms with van der Waals surface area (Å²) in [5.74, 6) is -4.01. The number of nitrogens with one attached hydrogen (secondary N) is 1. The molecule has 1 N–H and O–H groups in total. The monoisotopic (exact) mass is 498 g/mol. The molecule has 1 aromatic rings. The van der Waals surface area contributed by atoms with Crippen LogP contribution in [0.25, 0.3) is 0 Å². The molecule has 0 aromatic heterocycles. The molecule has 34 heavy (non-hydrogen) atoms. The van der Waals surface area contributed by atoms with Crippen molar-refractivity contribution in [2.45, 2.75) is 64.6 Å². The van der Waals surface area contributed by atoms with Crippen molar-refractivity contribution in [2.24, 2.45) is 16.7 Å². The summed E-state index contributed by atoms with van der Waals surface area (Å²) in [5, 5.41) is -3.17. The fourth-order valence-electron chi connectivity index (χ4n) is 6.04. The average Bonchev–Trinajstić information content (AvgIpc) is 2.94. The number of carbonyl (C=O) groups excluding carboxylic acids is 3. The summed E-state index contributed by atoms with van der Waals surface area (Å²) in [6, 6.07) is 4.09. The standard InChI is InChI=1S/C23H28F2N2O6S/c1-14-6-7-16-17(9-14)19(29)27(18(16)28)33-34(31,32)23(24,25)20(30)26-13-22(3)11-15-5-4-8-21(2,10-15)12-22/h6-7,9,15H,4-5,8,10-13H2,1-3H3,(H,26,30). The highest BCUT2D eigenvalue weighted by Gasteiger charge is 2.57. The normalized spacial score (nSPS) is 29.2. The molecule has 2 saturated carbocycles. The lowest BCUT2D eigenvalue weighted by atomic mass is 9.55. The zero-order valence-corrected chi connectivity index (χ0v) is 20.1. The van der Waals surface area contributed by atoms with E-state index in [1.54, 1.807) is 6.92 Å². The van der Waals surface area contributed by atoms with Crippen molar-refractivity contribution in [1.29, 1.82) is 0 Å². The fraction of sp³-hybridized carbons (Fsp3) is 0.609. The van der Waals surface area contributed by atoms with Crippen molar-refractivity contribution in [3.8, 4) is 0 Å². The molecule has 4 rings (SSSR count). The Morgan fingerprint density at radius 2 is 1.88 bits per heavy atom. The van der Waals surface area contributed by atoms with Gasteiger partial charge in [0.25, 0.3) is 11.8 Å². The van der Waals surface area contributed by atoms with Crippen LogP contribution in [0.4, 0.5) is 8.78 Å². The Morgan fingerprint density at radius 1 is 1.21 bits per heavy atom. The molecule has 3 amide bonds. The van der Waals surface area contributed by atoms with Crippen LogP contribution in [-0.2, 0) is 19.2 Å². The zero-order valence-electron chi connectivity index (χ0n) is 19.3. The van der Waals surface area contributed by atoms with Gasteiger partial charge in [-0.1, -0.05) is 38.3 Å². The lowest BCUT2D eigenvalue weighted by Crippen LogP contribution is -2.52. The molecule has 1 aromatic carbocycles. The Balaban J connectivity index is 1.45. The van der Waals surface area contributed by atoms with Crippen molar-refractivity contribution in [3.05, 3.63) is 34.9 Å². The number of amides is 3. The summed E-state index contributed by atoms with van der Waals surface area (Å²) in [6.45, 7) is 5.59. The number of alkyl halides is 2. The van der Waals surface area contributed by atoms with Crippen LogP contribution in [0.2, 0.25) is 0 Å². The quantitative estimate of drug-likeness (QED) is 0.601. The Hall–Kier alpha value is -2.40. The number of rotatable bonds is 6. The SMILES string of the molecule is Cc1ccc2c(c1)C(=O)N(OS(=O)(=O)C(F)(F)C(=O)NCC1(C)CC3CCCC(C)(C3)C1)C2=O. The predicted molar refractivity (Wildman–Crippen MR) is 117 cm³/mol. The highest BCUT2D eigenvalue weighted by Crippen LogP contribution is 2.55. The van der Waals surface area contributed by atoms with E-state index in [4.69, 9.17) is 0 Å². The minimum Gasteiger partial charge on any atom is -0.349 e. The summed E-state index contributed by atoms with van der Waals surface area (Å²) in [4.78, 5) is 37.1. The first-order valence-corrected chi connectivity index (χ1v) is 12.7. The van der Waals surface area contributed by atoms with E-state index in [0.29, 0.717) is 11.5 Å². The van der Waals surface area contributed by atoms with Crippen LogP contribution >= 0.6 is 0 Å². The van der Waals surface area contributed by atoms with Gasteiger partial charge < -0.3 is 5.32 Å². The molecule has 0 saturated heterocycles. The van der Waals surface area contributed by atoms with Crippen LogP contribution in [-0.4, -0.2) is 43.0 Å². The van der Waals surface area contributed by atoms with Gasteiger partial charge in [-0.25, -0.2) is 0 Å². The van der Waals surface area contributed by atoms with Gasteiger partial charge in [0.15, 0.2) is 0 Å². The van der Waals surface area contributed by atoms with Crippen LogP contribution < -0.4 is 5.32 Å². The number of fused-ring (bicyclic) bond motifs is 3. The molecule has 1 aliphatic heterocycles. The molecule has 0 spiro atoms. The van der Waals surface area contributed by atoms with Crippen LogP contribution in [0, 0.1) is 23.7 Å². The molecule has 2 aliphatic carbocycles. The maximum Gasteiger partial charge on any atom is 0.448 e. The van der Waals surface area contributed by atoms with Gasteiger partial charge in [0.2, 0.25) is 0 Å². The van der Waals surface area contributed by atoms with Gasteiger partial charge in [0.05, 0.1) is 11.1 Å². The molecule has 1 heterocycles. The van der Waals surface area contributed by atoms with Crippen LogP contribution in [0.5, 0.6) is 0 Å². The second-order valence-corrected chi connectivity index (χ2v) is 12.2. The Bertz CT molecular complexity index is 1170. The second kappa shape index (κ2) is 8.08. The number of carbonyl (C=O) groups is 3. The third-order valence-corrected chi connectivity index (χ3v) is 8.40. The molecule has 186 valence electrons. The van der Waals surface area contributed by atoms with Gasteiger partial charge in [0.1, 0.15) is 0 Å². The van der Waals surface area contributed by atoms with E-state index in [1.807, 2.05) is 6.92 Å². The van der Waals surface area contributed by atoms with E-state index in [9.17, 15) is 31.6 Å². The highest BCUT2D eigenvalue weighted by molar-refractivity contribution is 7.88. The topological polar surface area (TPSA) is 110 Å². The molecule has 2 fully saturated rings. The molecular formula is C23H28F2N2O6S. The van der Waals surface area contributed by atoms with Gasteiger partial charge in [-0.15, -0.1) is 9.35 Å². The first kappa shape index (κ1) is 24.7. The summed E-state index contributed by atoms with van der Waals surface area (Å²) in [6.07, 6.45) is 5.76. The minimum absolute atomic E-state index is 0.0716. The summed E-state index contributed by atoms with van der Waals surface area (Å²) >= 11 is 0. The smallest absolute Gasteiger partial charge is 0.349 e. The molecule has 2 bridgehead atoms. The van der Waals surface area contributed by atoms with E-state index in [-0.39, 0.29) is 28.1 Å². The number of halogens is 2. The zero-order chi connectivity index (χ0) is 25.1. The average molecular weight is 499 g/mol. The van der Waals surface area contributed by atoms with Gasteiger partial charge in [-0.2, -0.15) is 17.2 Å². The summed E-state index contributed by atoms with van der Waals surface area (Å²) in [7, 11) is -6.00. The summed E-state index contributed by atoms with van der Waals surface area (Å²) < 4.78 is 58.3. The van der Waals surface area contributed by atoms with Crippen molar-refractivity contribution < 1.29 is 35.9 Å². The molecular weight excluding hydrogens is 470 g/mol. The number of nitrogens with zero attached hydrogens (tertiary/aromatic N) is 1. The molecule has 11 heteroatoms.